The molecule has 23 heavy (non-hydrogen) atoms. The molecule has 0 saturated heterocycles. The van der Waals surface area contributed by atoms with Crippen molar-refractivity contribution in [3.8, 4) is 5.75 Å². The van der Waals surface area contributed by atoms with E-state index in [4.69, 9.17) is 0 Å². The first-order valence-electron chi connectivity index (χ1n) is 7.59. The van der Waals surface area contributed by atoms with Crippen LogP contribution in [0.1, 0.15) is 28.8 Å². The van der Waals surface area contributed by atoms with Gasteiger partial charge in [-0.15, -0.1) is 0 Å². The van der Waals surface area contributed by atoms with Crippen LogP contribution in [0.2, 0.25) is 0 Å². The molecule has 0 radical (unpaired) electrons. The lowest BCUT2D eigenvalue weighted by atomic mass is 10.1. The van der Waals surface area contributed by atoms with Gasteiger partial charge in [-0.05, 0) is 42.7 Å². The van der Waals surface area contributed by atoms with Crippen molar-refractivity contribution in [3.63, 3.8) is 0 Å². The highest BCUT2D eigenvalue weighted by Crippen LogP contribution is 2.21. The van der Waals surface area contributed by atoms with Gasteiger partial charge in [0.2, 0.25) is 5.91 Å². The lowest BCUT2D eigenvalue weighted by Crippen LogP contribution is -2.27. The summed E-state index contributed by atoms with van der Waals surface area (Å²) in [7, 11) is 0. The summed E-state index contributed by atoms with van der Waals surface area (Å²) < 4.78 is 0. The quantitative estimate of drug-likeness (QED) is 0.794. The summed E-state index contributed by atoms with van der Waals surface area (Å²) in [5.41, 5.74) is 1.77. The van der Waals surface area contributed by atoms with Gasteiger partial charge in [0.05, 0.1) is 17.7 Å². The van der Waals surface area contributed by atoms with Crippen LogP contribution in [0.5, 0.6) is 5.75 Å². The topological polar surface area (TPSA) is 78.4 Å². The van der Waals surface area contributed by atoms with E-state index in [-0.39, 0.29) is 30.0 Å². The number of hydrogen-bond donors (Lipinski definition) is 3. The van der Waals surface area contributed by atoms with E-state index in [0.717, 1.165) is 18.4 Å². The molecule has 0 atom stereocenters. The van der Waals surface area contributed by atoms with Crippen molar-refractivity contribution in [3.05, 3.63) is 59.7 Å². The largest absolute Gasteiger partial charge is 0.508 e. The first-order valence-corrected chi connectivity index (χ1v) is 7.59. The summed E-state index contributed by atoms with van der Waals surface area (Å²) in [5.74, 6) is -0.202. The first kappa shape index (κ1) is 15.1. The van der Waals surface area contributed by atoms with E-state index in [9.17, 15) is 14.7 Å². The molecular weight excluding hydrogens is 292 g/mol. The minimum atomic E-state index is -0.206. The van der Waals surface area contributed by atoms with E-state index >= 15 is 0 Å². The zero-order valence-corrected chi connectivity index (χ0v) is 12.6. The molecule has 2 amide bonds. The molecule has 1 aliphatic carbocycles. The average Bonchev–Trinajstić information content (AvgIpc) is 3.34. The molecule has 3 N–H and O–H groups in total. The van der Waals surface area contributed by atoms with Gasteiger partial charge >= 0.3 is 0 Å². The Labute approximate surface area is 134 Å². The molecule has 0 aromatic heterocycles. The van der Waals surface area contributed by atoms with Gasteiger partial charge < -0.3 is 15.7 Å². The fourth-order valence-electron chi connectivity index (χ4n) is 2.27. The van der Waals surface area contributed by atoms with Gasteiger partial charge in [-0.25, -0.2) is 0 Å². The van der Waals surface area contributed by atoms with Crippen molar-refractivity contribution in [2.45, 2.75) is 25.3 Å². The zero-order valence-electron chi connectivity index (χ0n) is 12.6. The number of nitrogens with one attached hydrogen (secondary N) is 2. The fourth-order valence-corrected chi connectivity index (χ4v) is 2.27. The van der Waals surface area contributed by atoms with E-state index in [1.165, 1.54) is 0 Å². The molecule has 0 heterocycles. The Bertz CT molecular complexity index is 721. The van der Waals surface area contributed by atoms with Crippen LogP contribution in [0.3, 0.4) is 0 Å². The molecule has 118 valence electrons. The summed E-state index contributed by atoms with van der Waals surface area (Å²) in [6, 6.07) is 13.7. The molecule has 0 bridgehead atoms. The Balaban J connectivity index is 1.67. The summed E-state index contributed by atoms with van der Waals surface area (Å²) >= 11 is 0. The monoisotopic (exact) mass is 310 g/mol. The molecule has 1 fully saturated rings. The van der Waals surface area contributed by atoms with Crippen molar-refractivity contribution in [1.29, 1.82) is 0 Å². The fraction of sp³-hybridized carbons (Fsp3) is 0.222. The number of carbonyl (C=O) groups excluding carboxylic acids is 2. The average molecular weight is 310 g/mol. The Morgan fingerprint density at radius 3 is 2.43 bits per heavy atom. The number of carbonyl (C=O) groups is 2. The number of phenolic OH excluding ortho intramolecular Hbond substituents is 1. The lowest BCUT2D eigenvalue weighted by molar-refractivity contribution is -0.115. The predicted molar refractivity (Wildman–Crippen MR) is 87.4 cm³/mol. The van der Waals surface area contributed by atoms with Crippen LogP contribution in [-0.2, 0) is 11.2 Å². The molecule has 0 spiro atoms. The molecule has 1 aliphatic rings. The van der Waals surface area contributed by atoms with E-state index in [1.54, 1.807) is 48.5 Å². The van der Waals surface area contributed by atoms with Crippen LogP contribution in [-0.4, -0.2) is 23.0 Å². The Morgan fingerprint density at radius 1 is 1.04 bits per heavy atom. The molecule has 5 heteroatoms. The van der Waals surface area contributed by atoms with Gasteiger partial charge in [0.15, 0.2) is 0 Å². The van der Waals surface area contributed by atoms with Gasteiger partial charge in [-0.2, -0.15) is 0 Å². The third-order valence-electron chi connectivity index (χ3n) is 3.66. The molecule has 1 saturated carbocycles. The predicted octanol–water partition coefficient (Wildman–Crippen LogP) is 2.47. The normalized spacial score (nSPS) is 13.4. The van der Waals surface area contributed by atoms with Gasteiger partial charge in [-0.3, -0.25) is 9.59 Å². The maximum Gasteiger partial charge on any atom is 0.253 e. The number of phenols is 1. The second kappa shape index (κ2) is 6.52. The molecular formula is C18H18N2O3. The highest BCUT2D eigenvalue weighted by atomic mass is 16.3. The standard InChI is InChI=1S/C18H18N2O3/c21-14-9-5-12(6-10-14)11-17(22)20-16-4-2-1-3-15(16)18(23)19-13-7-8-13/h1-6,9-10,13,21H,7-8,11H2,(H,19,23)(H,20,22). The van der Waals surface area contributed by atoms with Crippen LogP contribution in [0.15, 0.2) is 48.5 Å². The van der Waals surface area contributed by atoms with E-state index < -0.39 is 0 Å². The van der Waals surface area contributed by atoms with Gasteiger partial charge in [0, 0.05) is 6.04 Å². The van der Waals surface area contributed by atoms with Crippen molar-refractivity contribution in [2.24, 2.45) is 0 Å². The molecule has 5 nitrogen and oxygen atoms in total. The lowest BCUT2D eigenvalue weighted by Gasteiger charge is -2.11. The third kappa shape index (κ3) is 4.10. The van der Waals surface area contributed by atoms with Gasteiger partial charge in [-0.1, -0.05) is 24.3 Å². The van der Waals surface area contributed by atoms with E-state index in [0.29, 0.717) is 11.3 Å². The summed E-state index contributed by atoms with van der Waals surface area (Å²) in [6.07, 6.45) is 2.21. The number of hydrogen-bond acceptors (Lipinski definition) is 3. The number of para-hydroxylation sites is 1. The third-order valence-corrected chi connectivity index (χ3v) is 3.66. The Morgan fingerprint density at radius 2 is 1.74 bits per heavy atom. The van der Waals surface area contributed by atoms with Crippen LogP contribution in [0.4, 0.5) is 5.69 Å². The maximum absolute atomic E-state index is 12.2. The smallest absolute Gasteiger partial charge is 0.253 e. The number of aromatic hydroxyl groups is 1. The minimum absolute atomic E-state index is 0.159. The summed E-state index contributed by atoms with van der Waals surface area (Å²) in [6.45, 7) is 0. The molecule has 2 aromatic carbocycles. The first-order chi connectivity index (χ1) is 11.1. The molecule has 3 rings (SSSR count). The van der Waals surface area contributed by atoms with Gasteiger partial charge in [0.1, 0.15) is 5.75 Å². The van der Waals surface area contributed by atoms with Crippen molar-refractivity contribution >= 4 is 17.5 Å². The second-order valence-electron chi connectivity index (χ2n) is 5.68. The molecule has 0 aliphatic heterocycles. The SMILES string of the molecule is O=C(Cc1ccc(O)cc1)Nc1ccccc1C(=O)NC1CC1. The van der Waals surface area contributed by atoms with E-state index in [1.807, 2.05) is 0 Å². The highest BCUT2D eigenvalue weighted by molar-refractivity contribution is 6.04. The molecule has 0 unspecified atom stereocenters. The zero-order chi connectivity index (χ0) is 16.2. The Hall–Kier alpha value is -2.82. The van der Waals surface area contributed by atoms with Crippen molar-refractivity contribution in [1.82, 2.24) is 5.32 Å². The number of amides is 2. The van der Waals surface area contributed by atoms with Crippen LogP contribution in [0, 0.1) is 0 Å². The van der Waals surface area contributed by atoms with Crippen molar-refractivity contribution < 1.29 is 14.7 Å². The van der Waals surface area contributed by atoms with Crippen LogP contribution >= 0.6 is 0 Å². The van der Waals surface area contributed by atoms with Crippen LogP contribution in [0.25, 0.3) is 0 Å². The number of anilines is 1. The minimum Gasteiger partial charge on any atom is -0.508 e. The van der Waals surface area contributed by atoms with Gasteiger partial charge in [0.25, 0.3) is 5.91 Å². The van der Waals surface area contributed by atoms with E-state index in [2.05, 4.69) is 10.6 Å². The van der Waals surface area contributed by atoms with Crippen molar-refractivity contribution in [2.75, 3.05) is 5.32 Å². The second-order valence-corrected chi connectivity index (χ2v) is 5.68. The number of benzene rings is 2. The highest BCUT2D eigenvalue weighted by Gasteiger charge is 2.24. The summed E-state index contributed by atoms with van der Waals surface area (Å²) in [5, 5.41) is 15.0. The molecule has 2 aromatic rings. The van der Waals surface area contributed by atoms with Crippen LogP contribution < -0.4 is 10.6 Å². The summed E-state index contributed by atoms with van der Waals surface area (Å²) in [4.78, 5) is 24.4. The number of rotatable bonds is 5. The maximum atomic E-state index is 12.2. The Kier molecular flexibility index (Phi) is 4.28.